The Labute approximate surface area is 314 Å². The third kappa shape index (κ3) is 10.5. The van der Waals surface area contributed by atoms with Gasteiger partial charge < -0.3 is 30.3 Å². The topological polar surface area (TPSA) is 143 Å². The minimum atomic E-state index is -0.684. The molecule has 3 aromatic carbocycles. The highest BCUT2D eigenvalue weighted by molar-refractivity contribution is 8.00. The van der Waals surface area contributed by atoms with Crippen LogP contribution in [0.1, 0.15) is 64.4 Å². The lowest BCUT2D eigenvalue weighted by Crippen LogP contribution is -2.39. The van der Waals surface area contributed by atoms with Gasteiger partial charge in [0.1, 0.15) is 22.1 Å². The molecule has 0 aliphatic carbocycles. The molecule has 14 heteroatoms. The Hall–Kier alpha value is -5.47. The van der Waals surface area contributed by atoms with Crippen molar-refractivity contribution >= 4 is 69.6 Å². The number of anilines is 2. The fourth-order valence-corrected chi connectivity index (χ4v) is 7.28. The van der Waals surface area contributed by atoms with Crippen LogP contribution in [0.4, 0.5) is 19.9 Å². The van der Waals surface area contributed by atoms with Crippen LogP contribution < -0.4 is 16.0 Å². The van der Waals surface area contributed by atoms with E-state index in [0.29, 0.717) is 34.1 Å². The molecule has 0 radical (unpaired) electrons. The smallest absolute Gasteiger partial charge is 0.410 e. The maximum Gasteiger partial charge on any atom is 0.410 e. The number of hydrogen-bond acceptors (Lipinski definition) is 9. The van der Waals surface area contributed by atoms with Crippen molar-refractivity contribution in [2.75, 3.05) is 29.5 Å². The number of carbonyl (C=O) groups is 5. The number of nitrogens with one attached hydrogen (secondary N) is 3. The third-order valence-corrected chi connectivity index (χ3v) is 9.76. The highest BCUT2D eigenvalue weighted by Gasteiger charge is 2.32. The van der Waals surface area contributed by atoms with E-state index in [2.05, 4.69) is 16.0 Å². The van der Waals surface area contributed by atoms with Gasteiger partial charge >= 0.3 is 12.1 Å². The molecule has 0 saturated heterocycles. The average Bonchev–Trinajstić information content (AvgIpc) is 3.48. The van der Waals surface area contributed by atoms with E-state index >= 15 is 0 Å². The quantitative estimate of drug-likeness (QED) is 0.0811. The lowest BCUT2D eigenvalue weighted by Gasteiger charge is -2.30. The molecule has 4 amide bonds. The van der Waals surface area contributed by atoms with E-state index in [-0.39, 0.29) is 41.6 Å². The predicted octanol–water partition coefficient (Wildman–Crippen LogP) is 7.50. The van der Waals surface area contributed by atoms with Gasteiger partial charge in [-0.1, -0.05) is 42.5 Å². The zero-order valence-electron chi connectivity index (χ0n) is 29.6. The van der Waals surface area contributed by atoms with Crippen molar-refractivity contribution in [1.29, 1.82) is 0 Å². The molecule has 1 aromatic heterocycles. The minimum absolute atomic E-state index is 0.0299. The van der Waals surface area contributed by atoms with Gasteiger partial charge in [-0.3, -0.25) is 14.4 Å². The number of thioether (sulfide) groups is 1. The van der Waals surface area contributed by atoms with Gasteiger partial charge in [-0.25, -0.2) is 14.0 Å². The normalized spacial score (nSPS) is 12.7. The van der Waals surface area contributed by atoms with Crippen LogP contribution in [0, 0.1) is 5.82 Å². The van der Waals surface area contributed by atoms with Gasteiger partial charge in [-0.2, -0.15) is 0 Å². The molecule has 4 aromatic rings. The molecular formula is C39H39FN4O7S2. The molecule has 0 fully saturated rings. The summed E-state index contributed by atoms with van der Waals surface area (Å²) in [6.07, 6.45) is 1.20. The maximum absolute atomic E-state index is 14.5. The van der Waals surface area contributed by atoms with Crippen LogP contribution in [-0.2, 0) is 32.0 Å². The highest BCUT2D eigenvalue weighted by atomic mass is 32.2. The number of fused-ring (bicyclic) bond motifs is 1. The van der Waals surface area contributed by atoms with E-state index in [4.69, 9.17) is 9.47 Å². The molecule has 0 atom stereocenters. The number of nitrogens with zero attached hydrogens (tertiary/aromatic N) is 1. The van der Waals surface area contributed by atoms with Crippen LogP contribution in [0.15, 0.2) is 89.5 Å². The standard InChI is InChI=1S/C39H39FN4O7S2/c1-5-50-37(48)33-28-18-19-44(38(49)51-39(2,3)4)22-31(28)53-36(33)43-32(45)23-52-27-16-11-15-26(21-27)41-35(47)30(20-25-14-9-10-17-29(25)40)42-34(46)24-12-7-6-8-13-24/h6-17,20-21H,5,18-19,22-23H2,1-4H3,(H,41,47)(H,42,46)(H,43,45)/b30-20-. The number of halogens is 1. The van der Waals surface area contributed by atoms with Crippen molar-refractivity contribution in [2.45, 2.75) is 51.2 Å². The molecule has 0 saturated carbocycles. The Morgan fingerprint density at radius 3 is 2.42 bits per heavy atom. The number of hydrogen-bond donors (Lipinski definition) is 3. The lowest BCUT2D eigenvalue weighted by molar-refractivity contribution is -0.114. The summed E-state index contributed by atoms with van der Waals surface area (Å²) in [5.41, 5.74) is 0.996. The summed E-state index contributed by atoms with van der Waals surface area (Å²) in [7, 11) is 0. The van der Waals surface area contributed by atoms with E-state index in [9.17, 15) is 28.4 Å². The number of benzene rings is 3. The summed E-state index contributed by atoms with van der Waals surface area (Å²) >= 11 is 2.42. The van der Waals surface area contributed by atoms with Crippen LogP contribution >= 0.6 is 23.1 Å². The zero-order valence-corrected chi connectivity index (χ0v) is 31.3. The molecule has 0 spiro atoms. The van der Waals surface area contributed by atoms with Crippen molar-refractivity contribution in [2.24, 2.45) is 0 Å². The largest absolute Gasteiger partial charge is 0.462 e. The molecule has 0 unspecified atom stereocenters. The first-order chi connectivity index (χ1) is 25.3. The summed E-state index contributed by atoms with van der Waals surface area (Å²) in [6.45, 7) is 7.82. The zero-order chi connectivity index (χ0) is 38.1. The molecule has 1 aliphatic rings. The summed E-state index contributed by atoms with van der Waals surface area (Å²) in [6, 6.07) is 21.0. The monoisotopic (exact) mass is 758 g/mol. The number of ether oxygens (including phenoxy) is 2. The Morgan fingerprint density at radius 2 is 1.70 bits per heavy atom. The third-order valence-electron chi connectivity index (χ3n) is 7.64. The number of esters is 1. The average molecular weight is 759 g/mol. The van der Waals surface area contributed by atoms with Crippen molar-refractivity contribution < 1.29 is 37.8 Å². The highest BCUT2D eigenvalue weighted by Crippen LogP contribution is 2.38. The van der Waals surface area contributed by atoms with E-state index in [1.807, 2.05) is 0 Å². The maximum atomic E-state index is 14.5. The summed E-state index contributed by atoms with van der Waals surface area (Å²) in [5.74, 6) is -2.75. The number of carbonyl (C=O) groups excluding carboxylic acids is 5. The van der Waals surface area contributed by atoms with Crippen molar-refractivity contribution in [1.82, 2.24) is 10.2 Å². The van der Waals surface area contributed by atoms with Gasteiger partial charge in [0.25, 0.3) is 11.8 Å². The minimum Gasteiger partial charge on any atom is -0.462 e. The molecular weight excluding hydrogens is 720 g/mol. The van der Waals surface area contributed by atoms with E-state index in [0.717, 1.165) is 10.4 Å². The van der Waals surface area contributed by atoms with Crippen LogP contribution in [-0.4, -0.2) is 59.2 Å². The molecule has 5 rings (SSSR count). The van der Waals surface area contributed by atoms with E-state index in [1.54, 1.807) is 93.3 Å². The Morgan fingerprint density at radius 1 is 0.962 bits per heavy atom. The van der Waals surface area contributed by atoms with Crippen LogP contribution in [0.5, 0.6) is 0 Å². The first-order valence-electron chi connectivity index (χ1n) is 16.8. The fraction of sp³-hybridized carbons (Fsp3) is 0.256. The molecule has 276 valence electrons. The van der Waals surface area contributed by atoms with E-state index in [1.165, 1.54) is 47.4 Å². The summed E-state index contributed by atoms with van der Waals surface area (Å²) < 4.78 is 25.4. The summed E-state index contributed by atoms with van der Waals surface area (Å²) in [5, 5.41) is 8.54. The number of thiophene rings is 1. The second-order valence-electron chi connectivity index (χ2n) is 12.8. The Balaban J connectivity index is 1.27. The van der Waals surface area contributed by atoms with Gasteiger partial charge in [-0.15, -0.1) is 23.1 Å². The number of rotatable bonds is 11. The van der Waals surface area contributed by atoms with Gasteiger partial charge in [0, 0.05) is 33.1 Å². The number of amides is 4. The van der Waals surface area contributed by atoms with Crippen LogP contribution in [0.3, 0.4) is 0 Å². The van der Waals surface area contributed by atoms with Crippen molar-refractivity contribution in [3.05, 3.63) is 118 Å². The molecule has 2 heterocycles. The second-order valence-corrected chi connectivity index (χ2v) is 15.0. The molecule has 1 aliphatic heterocycles. The Kier molecular flexibility index (Phi) is 12.7. The second kappa shape index (κ2) is 17.4. The van der Waals surface area contributed by atoms with Crippen molar-refractivity contribution in [3.63, 3.8) is 0 Å². The first-order valence-corrected chi connectivity index (χ1v) is 18.6. The molecule has 3 N–H and O–H groups in total. The van der Waals surface area contributed by atoms with Crippen LogP contribution in [0.25, 0.3) is 6.08 Å². The van der Waals surface area contributed by atoms with Gasteiger partial charge in [0.15, 0.2) is 0 Å². The first kappa shape index (κ1) is 38.8. The van der Waals surface area contributed by atoms with Crippen LogP contribution in [0.2, 0.25) is 0 Å². The fourth-order valence-electron chi connectivity index (χ4n) is 5.26. The SMILES string of the molecule is CCOC(=O)c1c(NC(=O)CSc2cccc(NC(=O)/C(=C/c3ccccc3F)NC(=O)c3ccccc3)c2)sc2c1CCN(C(=O)OC(C)(C)C)C2. The van der Waals surface area contributed by atoms with Gasteiger partial charge in [0.05, 0.1) is 24.5 Å². The van der Waals surface area contributed by atoms with E-state index < -0.39 is 35.3 Å². The Bertz CT molecular complexity index is 2040. The molecule has 11 nitrogen and oxygen atoms in total. The van der Waals surface area contributed by atoms with Gasteiger partial charge in [-0.05, 0) is 82.2 Å². The summed E-state index contributed by atoms with van der Waals surface area (Å²) in [4.78, 5) is 68.4. The van der Waals surface area contributed by atoms with Gasteiger partial charge in [0.2, 0.25) is 5.91 Å². The lowest BCUT2D eigenvalue weighted by atomic mass is 10.0. The predicted molar refractivity (Wildman–Crippen MR) is 203 cm³/mol. The molecule has 0 bridgehead atoms. The van der Waals surface area contributed by atoms with Crippen molar-refractivity contribution in [3.8, 4) is 0 Å². The molecule has 53 heavy (non-hydrogen) atoms.